The van der Waals surface area contributed by atoms with Crippen molar-refractivity contribution in [3.05, 3.63) is 0 Å². The van der Waals surface area contributed by atoms with Crippen molar-refractivity contribution in [2.45, 2.75) is 71.4 Å². The standard InChI is InChI=1S/C20H33N3O8/c1-4-5-8-21-20(31)15(6-7-16(25)26)23-19(30)14(9-12(2)3)18(29)22-13(11-24)10-17(27)28/h11-15H,4-10H2,1-3H3,(H,21,31)(H,22,29)(H,23,30)(H,25,26)(H,27,28). The molecule has 0 aromatic heterocycles. The molecular weight excluding hydrogens is 410 g/mol. The van der Waals surface area contributed by atoms with Gasteiger partial charge in [-0.3, -0.25) is 24.0 Å². The lowest BCUT2D eigenvalue weighted by Gasteiger charge is -2.23. The first-order valence-corrected chi connectivity index (χ1v) is 10.3. The van der Waals surface area contributed by atoms with Gasteiger partial charge >= 0.3 is 11.9 Å². The summed E-state index contributed by atoms with van der Waals surface area (Å²) in [5.41, 5.74) is 0. The van der Waals surface area contributed by atoms with Crippen molar-refractivity contribution in [3.8, 4) is 0 Å². The van der Waals surface area contributed by atoms with Crippen LogP contribution in [-0.2, 0) is 28.8 Å². The van der Waals surface area contributed by atoms with Gasteiger partial charge in [0.05, 0.1) is 12.5 Å². The molecule has 3 unspecified atom stereocenters. The summed E-state index contributed by atoms with van der Waals surface area (Å²) in [5.74, 6) is -6.01. The van der Waals surface area contributed by atoms with Gasteiger partial charge in [-0.15, -0.1) is 0 Å². The minimum Gasteiger partial charge on any atom is -0.481 e. The lowest BCUT2D eigenvalue weighted by Crippen LogP contribution is -2.52. The van der Waals surface area contributed by atoms with Crippen LogP contribution in [0, 0.1) is 11.8 Å². The first-order chi connectivity index (χ1) is 14.5. The maximum Gasteiger partial charge on any atom is 0.305 e. The molecule has 0 aliphatic heterocycles. The Morgan fingerprint density at radius 2 is 1.55 bits per heavy atom. The molecule has 0 heterocycles. The summed E-state index contributed by atoms with van der Waals surface area (Å²) in [6.07, 6.45) is 0.737. The highest BCUT2D eigenvalue weighted by Gasteiger charge is 2.32. The van der Waals surface area contributed by atoms with Gasteiger partial charge in [0, 0.05) is 13.0 Å². The SMILES string of the molecule is CCCCNC(=O)C(CCC(=O)O)NC(=O)C(CC(C)C)C(=O)NC(C=O)CC(=O)O. The average molecular weight is 443 g/mol. The minimum atomic E-state index is -1.30. The van der Waals surface area contributed by atoms with E-state index in [-0.39, 0.29) is 31.5 Å². The molecule has 31 heavy (non-hydrogen) atoms. The molecule has 11 heteroatoms. The van der Waals surface area contributed by atoms with E-state index in [1.807, 2.05) is 6.92 Å². The topological polar surface area (TPSA) is 179 Å². The van der Waals surface area contributed by atoms with Crippen molar-refractivity contribution in [1.29, 1.82) is 0 Å². The molecule has 0 rings (SSSR count). The third-order valence-electron chi connectivity index (χ3n) is 4.34. The molecule has 0 bridgehead atoms. The quantitative estimate of drug-likeness (QED) is 0.126. The summed E-state index contributed by atoms with van der Waals surface area (Å²) in [7, 11) is 0. The number of hydrogen-bond acceptors (Lipinski definition) is 6. The molecule has 0 spiro atoms. The van der Waals surface area contributed by atoms with Gasteiger partial charge in [-0.1, -0.05) is 27.2 Å². The van der Waals surface area contributed by atoms with Crippen molar-refractivity contribution in [1.82, 2.24) is 16.0 Å². The summed E-state index contributed by atoms with van der Waals surface area (Å²) < 4.78 is 0. The average Bonchev–Trinajstić information content (AvgIpc) is 2.67. The van der Waals surface area contributed by atoms with Crippen LogP contribution in [0.5, 0.6) is 0 Å². The Balaban J connectivity index is 5.39. The smallest absolute Gasteiger partial charge is 0.305 e. The number of aliphatic carboxylic acids is 2. The fourth-order valence-corrected chi connectivity index (χ4v) is 2.73. The molecule has 0 fully saturated rings. The maximum absolute atomic E-state index is 12.8. The maximum atomic E-state index is 12.8. The first kappa shape index (κ1) is 28.0. The zero-order valence-corrected chi connectivity index (χ0v) is 18.2. The molecule has 0 aromatic carbocycles. The number of carboxylic acids is 2. The molecule has 0 radical (unpaired) electrons. The second-order valence-corrected chi connectivity index (χ2v) is 7.67. The van der Waals surface area contributed by atoms with Gasteiger partial charge in [0.15, 0.2) is 0 Å². The molecule has 0 aromatic rings. The largest absolute Gasteiger partial charge is 0.481 e. The normalized spacial score (nSPS) is 13.5. The third-order valence-corrected chi connectivity index (χ3v) is 4.34. The van der Waals surface area contributed by atoms with E-state index >= 15 is 0 Å². The summed E-state index contributed by atoms with van der Waals surface area (Å²) in [5, 5.41) is 25.0. The van der Waals surface area contributed by atoms with E-state index in [9.17, 15) is 28.8 Å². The van der Waals surface area contributed by atoms with Crippen molar-refractivity contribution >= 4 is 35.9 Å². The summed E-state index contributed by atoms with van der Waals surface area (Å²) >= 11 is 0. The van der Waals surface area contributed by atoms with Gasteiger partial charge < -0.3 is 31.0 Å². The molecule has 5 N–H and O–H groups in total. The number of carbonyl (C=O) groups excluding carboxylic acids is 4. The number of carbonyl (C=O) groups is 6. The number of unbranched alkanes of at least 4 members (excludes halogenated alkanes) is 1. The molecule has 0 saturated carbocycles. The van der Waals surface area contributed by atoms with Crippen molar-refractivity contribution in [2.75, 3.05) is 6.54 Å². The highest BCUT2D eigenvalue weighted by Crippen LogP contribution is 2.14. The lowest BCUT2D eigenvalue weighted by atomic mass is 9.94. The zero-order chi connectivity index (χ0) is 24.0. The Labute approximate surface area is 181 Å². The van der Waals surface area contributed by atoms with Gasteiger partial charge in [0.2, 0.25) is 17.7 Å². The predicted molar refractivity (Wildman–Crippen MR) is 110 cm³/mol. The number of hydrogen-bond donors (Lipinski definition) is 5. The van der Waals surface area contributed by atoms with E-state index in [1.165, 1.54) is 0 Å². The fraction of sp³-hybridized carbons (Fsp3) is 0.700. The van der Waals surface area contributed by atoms with Gasteiger partial charge in [-0.2, -0.15) is 0 Å². The number of nitrogens with one attached hydrogen (secondary N) is 3. The van der Waals surface area contributed by atoms with Crippen LogP contribution in [0.4, 0.5) is 0 Å². The Morgan fingerprint density at radius 1 is 0.935 bits per heavy atom. The van der Waals surface area contributed by atoms with Crippen LogP contribution in [0.2, 0.25) is 0 Å². The van der Waals surface area contributed by atoms with E-state index in [2.05, 4.69) is 16.0 Å². The fourth-order valence-electron chi connectivity index (χ4n) is 2.73. The number of rotatable bonds is 16. The van der Waals surface area contributed by atoms with Crippen LogP contribution in [0.3, 0.4) is 0 Å². The summed E-state index contributed by atoms with van der Waals surface area (Å²) in [6, 6.07) is -2.45. The van der Waals surface area contributed by atoms with Crippen LogP contribution in [-0.4, -0.2) is 64.8 Å². The molecule has 0 saturated heterocycles. The minimum absolute atomic E-state index is 0.0828. The second kappa shape index (κ2) is 14.9. The van der Waals surface area contributed by atoms with Crippen LogP contribution < -0.4 is 16.0 Å². The number of aldehydes is 1. The Bertz CT molecular complexity index is 650. The summed E-state index contributed by atoms with van der Waals surface area (Å²) in [6.45, 7) is 5.82. The van der Waals surface area contributed by atoms with E-state index in [1.54, 1.807) is 13.8 Å². The molecule has 176 valence electrons. The third kappa shape index (κ3) is 12.3. The van der Waals surface area contributed by atoms with Crippen LogP contribution in [0.25, 0.3) is 0 Å². The van der Waals surface area contributed by atoms with Crippen molar-refractivity contribution in [3.63, 3.8) is 0 Å². The monoisotopic (exact) mass is 443 g/mol. The summed E-state index contributed by atoms with van der Waals surface area (Å²) in [4.78, 5) is 70.5. The van der Waals surface area contributed by atoms with Crippen molar-refractivity contribution < 1.29 is 39.0 Å². The molecule has 0 aliphatic carbocycles. The van der Waals surface area contributed by atoms with Gasteiger partial charge in [0.1, 0.15) is 18.2 Å². The Hall–Kier alpha value is -2.98. The number of carboxylic acid groups (broad SMARTS) is 2. The van der Waals surface area contributed by atoms with Crippen LogP contribution in [0.1, 0.15) is 59.3 Å². The van der Waals surface area contributed by atoms with Crippen LogP contribution in [0.15, 0.2) is 0 Å². The van der Waals surface area contributed by atoms with E-state index in [0.29, 0.717) is 13.0 Å². The van der Waals surface area contributed by atoms with E-state index in [0.717, 1.165) is 6.42 Å². The van der Waals surface area contributed by atoms with E-state index < -0.39 is 54.1 Å². The van der Waals surface area contributed by atoms with Gasteiger partial charge in [-0.25, -0.2) is 0 Å². The second-order valence-electron chi connectivity index (χ2n) is 7.67. The number of amides is 3. The van der Waals surface area contributed by atoms with Crippen LogP contribution >= 0.6 is 0 Å². The first-order valence-electron chi connectivity index (χ1n) is 10.3. The molecule has 0 aliphatic rings. The zero-order valence-electron chi connectivity index (χ0n) is 18.2. The predicted octanol–water partition coefficient (Wildman–Crippen LogP) is 0.0730. The van der Waals surface area contributed by atoms with Gasteiger partial charge in [-0.05, 0) is 25.2 Å². The molecule has 3 atom stereocenters. The lowest BCUT2D eigenvalue weighted by molar-refractivity contribution is -0.142. The Kier molecular flexibility index (Phi) is 13.5. The highest BCUT2D eigenvalue weighted by molar-refractivity contribution is 6.02. The molecule has 3 amide bonds. The highest BCUT2D eigenvalue weighted by atomic mass is 16.4. The molecular formula is C20H33N3O8. The van der Waals surface area contributed by atoms with Gasteiger partial charge in [0.25, 0.3) is 0 Å². The van der Waals surface area contributed by atoms with E-state index in [4.69, 9.17) is 10.2 Å². The molecule has 11 nitrogen and oxygen atoms in total. The Morgan fingerprint density at radius 3 is 2.03 bits per heavy atom. The van der Waals surface area contributed by atoms with Crippen molar-refractivity contribution in [2.24, 2.45) is 11.8 Å².